The van der Waals surface area contributed by atoms with Crippen LogP contribution in [0.2, 0.25) is 18.1 Å². The number of carboxylic acid groups (broad SMARTS) is 1. The van der Waals surface area contributed by atoms with E-state index in [1.165, 1.54) is 5.56 Å². The lowest BCUT2D eigenvalue weighted by Crippen LogP contribution is -2.41. The fraction of sp³-hybridized carbons (Fsp3) is 0.682. The molecule has 1 aliphatic carbocycles. The average molecular weight is 392 g/mol. The van der Waals surface area contributed by atoms with Crippen molar-refractivity contribution >= 4 is 20.0 Å². The van der Waals surface area contributed by atoms with Crippen LogP contribution >= 0.6 is 0 Å². The first kappa shape index (κ1) is 22.0. The van der Waals surface area contributed by atoms with Crippen LogP contribution in [0, 0.1) is 5.92 Å². The molecule has 0 saturated heterocycles. The number of aliphatic carboxylic acids is 1. The first-order valence-electron chi connectivity index (χ1n) is 10.3. The first-order chi connectivity index (χ1) is 12.6. The maximum absolute atomic E-state index is 10.9. The molecule has 1 fully saturated rings. The standard InChI is InChI=1S/C22H37NO3Si/c1-22(2,3)27(4,5)26-15-14-23-20-12-10-19(11-13-20)18-8-6-17(7-9-18)16-21(24)25/h10-13,17-18,23H,6-9,14-16H2,1-5H3,(H,24,25). The summed E-state index contributed by atoms with van der Waals surface area (Å²) in [6.07, 6.45) is 4.59. The van der Waals surface area contributed by atoms with E-state index in [9.17, 15) is 4.79 Å². The second-order valence-corrected chi connectivity index (χ2v) is 14.3. The molecular weight excluding hydrogens is 354 g/mol. The summed E-state index contributed by atoms with van der Waals surface area (Å²) >= 11 is 0. The lowest BCUT2D eigenvalue weighted by molar-refractivity contribution is -0.138. The Labute approximate surface area is 165 Å². The molecule has 1 aromatic carbocycles. The van der Waals surface area contributed by atoms with Crippen LogP contribution in [0.4, 0.5) is 5.69 Å². The summed E-state index contributed by atoms with van der Waals surface area (Å²) in [6.45, 7) is 12.9. The average Bonchev–Trinajstić information content (AvgIpc) is 2.58. The van der Waals surface area contributed by atoms with Crippen molar-refractivity contribution in [1.29, 1.82) is 0 Å². The zero-order valence-electron chi connectivity index (χ0n) is 17.7. The number of hydrogen-bond acceptors (Lipinski definition) is 3. The minimum atomic E-state index is -1.67. The zero-order chi connectivity index (χ0) is 20.1. The van der Waals surface area contributed by atoms with Gasteiger partial charge >= 0.3 is 5.97 Å². The Balaban J connectivity index is 1.75. The van der Waals surface area contributed by atoms with Crippen LogP contribution in [0.15, 0.2) is 24.3 Å². The van der Waals surface area contributed by atoms with Crippen molar-refractivity contribution in [3.05, 3.63) is 29.8 Å². The van der Waals surface area contributed by atoms with E-state index >= 15 is 0 Å². The van der Waals surface area contributed by atoms with Crippen molar-refractivity contribution in [3.8, 4) is 0 Å². The first-order valence-corrected chi connectivity index (χ1v) is 13.2. The summed E-state index contributed by atoms with van der Waals surface area (Å²) in [6, 6.07) is 8.76. The molecule has 1 aliphatic rings. The SMILES string of the molecule is CC(C)(C)[Si](C)(C)OCCNc1ccc(C2CCC(CC(=O)O)CC2)cc1. The molecule has 0 radical (unpaired) electrons. The molecule has 0 unspecified atom stereocenters. The second-order valence-electron chi connectivity index (χ2n) is 9.47. The van der Waals surface area contributed by atoms with Crippen LogP contribution in [-0.2, 0) is 9.22 Å². The third-order valence-electron chi connectivity index (χ3n) is 6.39. The van der Waals surface area contributed by atoms with Gasteiger partial charge in [0.05, 0.1) is 6.61 Å². The zero-order valence-corrected chi connectivity index (χ0v) is 18.7. The quantitative estimate of drug-likeness (QED) is 0.430. The van der Waals surface area contributed by atoms with Crippen molar-refractivity contribution in [2.24, 2.45) is 5.92 Å². The highest BCUT2D eigenvalue weighted by Crippen LogP contribution is 2.38. The molecular formula is C22H37NO3Si. The minimum Gasteiger partial charge on any atom is -0.481 e. The predicted octanol–water partition coefficient (Wildman–Crippen LogP) is 5.87. The van der Waals surface area contributed by atoms with E-state index in [2.05, 4.69) is 63.4 Å². The van der Waals surface area contributed by atoms with Crippen molar-refractivity contribution in [1.82, 2.24) is 0 Å². The van der Waals surface area contributed by atoms with Gasteiger partial charge in [-0.3, -0.25) is 4.79 Å². The Hall–Kier alpha value is -1.33. The topological polar surface area (TPSA) is 58.6 Å². The summed E-state index contributed by atoms with van der Waals surface area (Å²) in [5.74, 6) is 0.276. The molecule has 0 heterocycles. The Morgan fingerprint density at radius 2 is 1.74 bits per heavy atom. The van der Waals surface area contributed by atoms with Crippen LogP contribution in [0.1, 0.15) is 64.4 Å². The second kappa shape index (κ2) is 9.24. The third kappa shape index (κ3) is 6.65. The summed E-state index contributed by atoms with van der Waals surface area (Å²) in [5.41, 5.74) is 2.52. The number of carboxylic acids is 1. The van der Waals surface area contributed by atoms with Crippen LogP contribution in [0.3, 0.4) is 0 Å². The van der Waals surface area contributed by atoms with Crippen molar-refractivity contribution in [3.63, 3.8) is 0 Å². The van der Waals surface area contributed by atoms with Crippen LogP contribution in [-0.4, -0.2) is 32.5 Å². The van der Waals surface area contributed by atoms with Gasteiger partial charge in [-0.05, 0) is 73.3 Å². The molecule has 2 rings (SSSR count). The van der Waals surface area contributed by atoms with Gasteiger partial charge in [0.15, 0.2) is 8.32 Å². The number of carbonyl (C=O) groups is 1. The summed E-state index contributed by atoms with van der Waals surface area (Å²) in [4.78, 5) is 10.9. The van der Waals surface area contributed by atoms with E-state index in [1.54, 1.807) is 0 Å². The van der Waals surface area contributed by atoms with Crippen LogP contribution < -0.4 is 5.32 Å². The molecule has 0 bridgehead atoms. The molecule has 0 amide bonds. The monoisotopic (exact) mass is 391 g/mol. The van der Waals surface area contributed by atoms with Gasteiger partial charge < -0.3 is 14.8 Å². The highest BCUT2D eigenvalue weighted by atomic mass is 28.4. The van der Waals surface area contributed by atoms with E-state index in [0.717, 1.165) is 44.5 Å². The fourth-order valence-electron chi connectivity index (χ4n) is 3.54. The van der Waals surface area contributed by atoms with Crippen molar-refractivity contribution < 1.29 is 14.3 Å². The molecule has 1 aromatic rings. The van der Waals surface area contributed by atoms with E-state index in [-0.39, 0.29) is 5.04 Å². The lowest BCUT2D eigenvalue weighted by Gasteiger charge is -2.36. The van der Waals surface area contributed by atoms with Crippen LogP contribution in [0.5, 0.6) is 0 Å². The molecule has 1 saturated carbocycles. The molecule has 0 aliphatic heterocycles. The van der Waals surface area contributed by atoms with Crippen LogP contribution in [0.25, 0.3) is 0 Å². The number of nitrogens with one attached hydrogen (secondary N) is 1. The van der Waals surface area contributed by atoms with E-state index < -0.39 is 14.3 Å². The number of anilines is 1. The van der Waals surface area contributed by atoms with Gasteiger partial charge in [0.1, 0.15) is 0 Å². The van der Waals surface area contributed by atoms with E-state index in [1.807, 2.05) is 0 Å². The maximum atomic E-state index is 10.9. The van der Waals surface area contributed by atoms with Gasteiger partial charge in [0.2, 0.25) is 0 Å². The van der Waals surface area contributed by atoms with Crippen molar-refractivity contribution in [2.75, 3.05) is 18.5 Å². The normalized spacial score (nSPS) is 21.1. The Kier molecular flexibility index (Phi) is 7.52. The molecule has 152 valence electrons. The van der Waals surface area contributed by atoms with Gasteiger partial charge in [0.25, 0.3) is 0 Å². The van der Waals surface area contributed by atoms with Gasteiger partial charge in [-0.2, -0.15) is 0 Å². The van der Waals surface area contributed by atoms with E-state index in [0.29, 0.717) is 18.3 Å². The molecule has 0 spiro atoms. The predicted molar refractivity (Wildman–Crippen MR) is 115 cm³/mol. The molecule has 2 N–H and O–H groups in total. The third-order valence-corrected chi connectivity index (χ3v) is 10.9. The fourth-order valence-corrected chi connectivity index (χ4v) is 4.58. The minimum absolute atomic E-state index is 0.248. The Bertz CT molecular complexity index is 599. The largest absolute Gasteiger partial charge is 0.481 e. The Morgan fingerprint density at radius 1 is 1.15 bits per heavy atom. The van der Waals surface area contributed by atoms with Gasteiger partial charge in [-0.25, -0.2) is 0 Å². The highest BCUT2D eigenvalue weighted by molar-refractivity contribution is 6.74. The Morgan fingerprint density at radius 3 is 2.26 bits per heavy atom. The number of benzene rings is 1. The van der Waals surface area contributed by atoms with Crippen molar-refractivity contribution in [2.45, 2.75) is 76.9 Å². The maximum Gasteiger partial charge on any atom is 0.303 e. The molecule has 27 heavy (non-hydrogen) atoms. The summed E-state index contributed by atoms with van der Waals surface area (Å²) < 4.78 is 6.21. The molecule has 4 nitrogen and oxygen atoms in total. The lowest BCUT2D eigenvalue weighted by atomic mass is 9.77. The number of hydrogen-bond donors (Lipinski definition) is 2. The van der Waals surface area contributed by atoms with E-state index in [4.69, 9.17) is 9.53 Å². The molecule has 5 heteroatoms. The highest BCUT2D eigenvalue weighted by Gasteiger charge is 2.36. The summed E-state index contributed by atoms with van der Waals surface area (Å²) in [7, 11) is -1.67. The smallest absolute Gasteiger partial charge is 0.303 e. The molecule has 0 atom stereocenters. The van der Waals surface area contributed by atoms with Gasteiger partial charge in [-0.1, -0.05) is 32.9 Å². The molecule has 0 aromatic heterocycles. The van der Waals surface area contributed by atoms with Gasteiger partial charge in [0, 0.05) is 18.7 Å². The summed E-state index contributed by atoms with van der Waals surface area (Å²) in [5, 5.41) is 12.6. The van der Waals surface area contributed by atoms with Gasteiger partial charge in [-0.15, -0.1) is 0 Å². The number of rotatable bonds is 8.